The first kappa shape index (κ1) is 26.9. The number of rotatable bonds is 5. The Balaban J connectivity index is 1.24. The molecule has 0 spiro atoms. The van der Waals surface area contributed by atoms with Crippen LogP contribution in [0.1, 0.15) is 21.5 Å². The van der Waals surface area contributed by atoms with E-state index in [4.69, 9.17) is 14.7 Å². The fourth-order valence-electron chi connectivity index (χ4n) is 5.38. The van der Waals surface area contributed by atoms with Gasteiger partial charge in [-0.3, -0.25) is 23.8 Å². The summed E-state index contributed by atoms with van der Waals surface area (Å²) in [4.78, 5) is 26.9. The molecular formula is C31H34N4O4S. The molecule has 0 bridgehead atoms. The molecule has 3 heterocycles. The first-order valence-corrected chi connectivity index (χ1v) is 15.5. The lowest BCUT2D eigenvalue weighted by Crippen LogP contribution is -2.40. The highest BCUT2D eigenvalue weighted by Crippen LogP contribution is 2.40. The van der Waals surface area contributed by atoms with Crippen LogP contribution in [0.2, 0.25) is 0 Å². The zero-order chi connectivity index (χ0) is 27.7. The summed E-state index contributed by atoms with van der Waals surface area (Å²) in [5, 5.41) is 0. The number of amides is 1. The molecule has 1 aromatic heterocycles. The second-order valence-corrected chi connectivity index (χ2v) is 13.0. The van der Waals surface area contributed by atoms with Crippen LogP contribution >= 0.6 is 10.6 Å². The molecule has 3 aromatic carbocycles. The van der Waals surface area contributed by atoms with Crippen molar-refractivity contribution in [3.8, 4) is 22.4 Å². The van der Waals surface area contributed by atoms with Crippen LogP contribution in [-0.4, -0.2) is 85.7 Å². The predicted molar refractivity (Wildman–Crippen MR) is 160 cm³/mol. The number of hydrogen-bond donors (Lipinski definition) is 2. The van der Waals surface area contributed by atoms with Crippen LogP contribution in [0.4, 0.5) is 0 Å². The van der Waals surface area contributed by atoms with Gasteiger partial charge in [-0.1, -0.05) is 42.5 Å². The molecule has 1 amide bonds. The van der Waals surface area contributed by atoms with Crippen LogP contribution in [0.25, 0.3) is 33.4 Å². The summed E-state index contributed by atoms with van der Waals surface area (Å²) in [5.41, 5.74) is 8.24. The molecule has 9 heteroatoms. The van der Waals surface area contributed by atoms with Crippen molar-refractivity contribution in [2.75, 3.05) is 50.9 Å². The standard InChI is InChI=1S/C31H34N4O4S/c1-22-19-25(9-10-26(22)31(36)35-11-15-39-16-12-35)29-20-32-28-4-2-3-27(30(28)33-29)24-7-5-23(6-8-24)21-34-13-17-40(37,38)18-14-34/h2-10,19-20,37-38H,11-18,21H2,1H3. The molecule has 208 valence electrons. The predicted octanol–water partition coefficient (Wildman–Crippen LogP) is 5.31. The van der Waals surface area contributed by atoms with E-state index in [9.17, 15) is 13.9 Å². The number of nitrogens with zero attached hydrogens (tertiary/aromatic N) is 4. The topological polar surface area (TPSA) is 99.0 Å². The van der Waals surface area contributed by atoms with Gasteiger partial charge in [0.15, 0.2) is 0 Å². The van der Waals surface area contributed by atoms with Crippen LogP contribution in [0.5, 0.6) is 0 Å². The maximum atomic E-state index is 13.0. The van der Waals surface area contributed by atoms with Gasteiger partial charge in [0.2, 0.25) is 0 Å². The van der Waals surface area contributed by atoms with Crippen molar-refractivity contribution >= 4 is 27.5 Å². The average molecular weight is 559 g/mol. The molecule has 6 rings (SSSR count). The lowest BCUT2D eigenvalue weighted by atomic mass is 10.0. The Morgan fingerprint density at radius 2 is 1.68 bits per heavy atom. The Bertz CT molecular complexity index is 1530. The molecule has 0 aliphatic carbocycles. The molecule has 0 unspecified atom stereocenters. The van der Waals surface area contributed by atoms with Gasteiger partial charge < -0.3 is 9.64 Å². The van der Waals surface area contributed by atoms with E-state index >= 15 is 0 Å². The molecule has 2 N–H and O–H groups in total. The van der Waals surface area contributed by atoms with Crippen LogP contribution in [0, 0.1) is 6.92 Å². The van der Waals surface area contributed by atoms with E-state index in [1.807, 2.05) is 42.2 Å². The Kier molecular flexibility index (Phi) is 7.57. The van der Waals surface area contributed by atoms with Crippen molar-refractivity contribution in [2.45, 2.75) is 13.5 Å². The SMILES string of the molecule is Cc1cc(-c2cnc3cccc(-c4ccc(CN5CCS(O)(O)CC5)cc4)c3n2)ccc1C(=O)N1CCOCC1. The number of carbonyl (C=O) groups excluding carboxylic acids is 1. The highest BCUT2D eigenvalue weighted by atomic mass is 32.3. The van der Waals surface area contributed by atoms with Crippen LogP contribution < -0.4 is 0 Å². The molecule has 0 saturated carbocycles. The van der Waals surface area contributed by atoms with Crippen molar-refractivity contribution in [1.29, 1.82) is 0 Å². The Morgan fingerprint density at radius 1 is 0.950 bits per heavy atom. The zero-order valence-electron chi connectivity index (χ0n) is 22.6. The van der Waals surface area contributed by atoms with Crippen LogP contribution in [0.15, 0.2) is 66.9 Å². The largest absolute Gasteiger partial charge is 0.378 e. The molecule has 2 saturated heterocycles. The van der Waals surface area contributed by atoms with Crippen molar-refractivity contribution in [3.63, 3.8) is 0 Å². The average Bonchev–Trinajstić information content (AvgIpc) is 2.98. The number of ether oxygens (including phenoxy) is 1. The fraction of sp³-hybridized carbons (Fsp3) is 0.323. The number of morpholine rings is 1. The highest BCUT2D eigenvalue weighted by Gasteiger charge is 2.22. The van der Waals surface area contributed by atoms with E-state index in [1.54, 1.807) is 6.20 Å². The van der Waals surface area contributed by atoms with E-state index in [1.165, 1.54) is 5.56 Å². The molecule has 0 radical (unpaired) electrons. The van der Waals surface area contributed by atoms with Crippen molar-refractivity contribution in [2.24, 2.45) is 0 Å². The van der Waals surface area contributed by atoms with E-state index in [0.717, 1.165) is 45.5 Å². The first-order valence-electron chi connectivity index (χ1n) is 13.7. The summed E-state index contributed by atoms with van der Waals surface area (Å²) in [5.74, 6) is 0.947. The van der Waals surface area contributed by atoms with Gasteiger partial charge >= 0.3 is 0 Å². The number of hydrogen-bond acceptors (Lipinski definition) is 7. The van der Waals surface area contributed by atoms with Crippen molar-refractivity contribution < 1.29 is 18.6 Å². The summed E-state index contributed by atoms with van der Waals surface area (Å²) in [6.45, 7) is 6.55. The lowest BCUT2D eigenvalue weighted by molar-refractivity contribution is 0.0302. The van der Waals surface area contributed by atoms with Gasteiger partial charge in [0.05, 0.1) is 47.6 Å². The minimum absolute atomic E-state index is 0.0407. The third-order valence-electron chi connectivity index (χ3n) is 7.76. The van der Waals surface area contributed by atoms with E-state index in [2.05, 4.69) is 35.2 Å². The number of fused-ring (bicyclic) bond motifs is 1. The maximum absolute atomic E-state index is 13.0. The monoisotopic (exact) mass is 558 g/mol. The minimum atomic E-state index is -2.38. The smallest absolute Gasteiger partial charge is 0.254 e. The van der Waals surface area contributed by atoms with Crippen molar-refractivity contribution in [3.05, 3.63) is 83.6 Å². The van der Waals surface area contributed by atoms with Crippen molar-refractivity contribution in [1.82, 2.24) is 19.8 Å². The second kappa shape index (κ2) is 11.3. The molecule has 2 aliphatic rings. The fourth-order valence-corrected chi connectivity index (χ4v) is 6.68. The van der Waals surface area contributed by atoms with E-state index in [-0.39, 0.29) is 5.91 Å². The molecule has 4 aromatic rings. The molecule has 40 heavy (non-hydrogen) atoms. The minimum Gasteiger partial charge on any atom is -0.378 e. The van der Waals surface area contributed by atoms with Gasteiger partial charge in [-0.25, -0.2) is 4.98 Å². The molecular weight excluding hydrogens is 524 g/mol. The number of benzene rings is 3. The third kappa shape index (κ3) is 5.75. The Morgan fingerprint density at radius 3 is 2.40 bits per heavy atom. The third-order valence-corrected chi connectivity index (χ3v) is 9.44. The van der Waals surface area contributed by atoms with E-state index < -0.39 is 10.6 Å². The van der Waals surface area contributed by atoms with Gasteiger partial charge in [-0.2, -0.15) is 10.6 Å². The molecule has 2 aliphatic heterocycles. The van der Waals surface area contributed by atoms with Gasteiger partial charge in [0, 0.05) is 49.4 Å². The second-order valence-electron chi connectivity index (χ2n) is 10.5. The van der Waals surface area contributed by atoms with Gasteiger partial charge in [-0.15, -0.1) is 0 Å². The quantitative estimate of drug-likeness (QED) is 0.342. The number of para-hydroxylation sites is 1. The number of aryl methyl sites for hydroxylation is 1. The number of carbonyl (C=O) groups is 1. The first-order chi connectivity index (χ1) is 19.4. The summed E-state index contributed by atoms with van der Waals surface area (Å²) in [6, 6.07) is 20.4. The van der Waals surface area contributed by atoms with Gasteiger partial charge in [-0.05, 0) is 41.8 Å². The van der Waals surface area contributed by atoms with Gasteiger partial charge in [0.1, 0.15) is 0 Å². The maximum Gasteiger partial charge on any atom is 0.254 e. The van der Waals surface area contributed by atoms with E-state index in [0.29, 0.717) is 56.5 Å². The zero-order valence-corrected chi connectivity index (χ0v) is 23.4. The normalized spacial score (nSPS) is 18.5. The summed E-state index contributed by atoms with van der Waals surface area (Å²) in [7, 11) is -2.38. The Labute approximate surface area is 236 Å². The Hall–Kier alpha value is -3.34. The van der Waals surface area contributed by atoms with Crippen LogP contribution in [-0.2, 0) is 11.3 Å². The highest BCUT2D eigenvalue weighted by molar-refractivity contribution is 8.24. The summed E-state index contributed by atoms with van der Waals surface area (Å²) in [6.07, 6.45) is 1.79. The van der Waals surface area contributed by atoms with Crippen LogP contribution in [0.3, 0.4) is 0 Å². The lowest BCUT2D eigenvalue weighted by Gasteiger charge is -2.41. The summed E-state index contributed by atoms with van der Waals surface area (Å²) >= 11 is 0. The molecule has 8 nitrogen and oxygen atoms in total. The number of aromatic nitrogens is 2. The molecule has 2 fully saturated rings. The van der Waals surface area contributed by atoms with Gasteiger partial charge in [0.25, 0.3) is 5.91 Å². The summed E-state index contributed by atoms with van der Waals surface area (Å²) < 4.78 is 25.1. The molecule has 0 atom stereocenters.